The number of nitrogens with one attached hydrogen (secondary N) is 1. The third-order valence-electron chi connectivity index (χ3n) is 5.43. The van der Waals surface area contributed by atoms with Gasteiger partial charge >= 0.3 is 6.09 Å². The highest BCUT2D eigenvalue weighted by Crippen LogP contribution is 2.46. The fraction of sp³-hybridized carbons (Fsp3) is 0.333. The highest BCUT2D eigenvalue weighted by atomic mass is 16.6. The summed E-state index contributed by atoms with van der Waals surface area (Å²) >= 11 is 0. The second-order valence-corrected chi connectivity index (χ2v) is 7.00. The van der Waals surface area contributed by atoms with Gasteiger partial charge in [0.2, 0.25) is 0 Å². The van der Waals surface area contributed by atoms with E-state index in [1.807, 2.05) is 42.5 Å². The van der Waals surface area contributed by atoms with Crippen LogP contribution in [0.1, 0.15) is 29.5 Å². The molecular weight excluding hydrogens is 326 g/mol. The number of nitrogens with zero attached hydrogens (tertiary/aromatic N) is 2. The number of anilines is 1. The van der Waals surface area contributed by atoms with Crippen LogP contribution in [0, 0.1) is 11.3 Å². The highest BCUT2D eigenvalue weighted by Gasteiger charge is 2.45. The molecule has 2 aliphatic heterocycles. The molecular formula is C21H21N3O2. The molecule has 132 valence electrons. The summed E-state index contributed by atoms with van der Waals surface area (Å²) in [5.41, 5.74) is 3.51. The van der Waals surface area contributed by atoms with E-state index >= 15 is 0 Å². The molecule has 1 spiro atoms. The first-order chi connectivity index (χ1) is 12.7. The van der Waals surface area contributed by atoms with E-state index in [1.165, 1.54) is 0 Å². The number of carbonyl (C=O) groups excluding carboxylic acids is 1. The molecule has 0 atom stereocenters. The molecule has 0 saturated carbocycles. The van der Waals surface area contributed by atoms with Gasteiger partial charge in [-0.25, -0.2) is 4.79 Å². The standard InChI is InChI=1S/C21H21N3O2/c22-13-17-6-7-19-18(12-17)21(8-10-23-11-9-21)15-24(19)20(25)26-14-16-4-2-1-3-5-16/h1-7,12,23H,8-11,14-15H2. The van der Waals surface area contributed by atoms with E-state index in [4.69, 9.17) is 4.74 Å². The second kappa shape index (κ2) is 6.81. The van der Waals surface area contributed by atoms with Crippen molar-refractivity contribution < 1.29 is 9.53 Å². The Morgan fingerprint density at radius 2 is 1.96 bits per heavy atom. The fourth-order valence-electron chi connectivity index (χ4n) is 4.03. The van der Waals surface area contributed by atoms with Crippen molar-refractivity contribution in [3.05, 3.63) is 65.2 Å². The van der Waals surface area contributed by atoms with Gasteiger partial charge in [-0.3, -0.25) is 4.90 Å². The number of rotatable bonds is 2. The third kappa shape index (κ3) is 2.93. The van der Waals surface area contributed by atoms with Crippen LogP contribution in [-0.2, 0) is 16.8 Å². The number of hydrogen-bond donors (Lipinski definition) is 1. The van der Waals surface area contributed by atoms with Gasteiger partial charge < -0.3 is 10.1 Å². The third-order valence-corrected chi connectivity index (χ3v) is 5.43. The van der Waals surface area contributed by atoms with Gasteiger partial charge in [0.05, 0.1) is 17.3 Å². The number of carbonyl (C=O) groups is 1. The van der Waals surface area contributed by atoms with E-state index < -0.39 is 0 Å². The van der Waals surface area contributed by atoms with Crippen molar-refractivity contribution in [3.63, 3.8) is 0 Å². The van der Waals surface area contributed by atoms with Crippen LogP contribution in [0.15, 0.2) is 48.5 Å². The lowest BCUT2D eigenvalue weighted by atomic mass is 9.74. The summed E-state index contributed by atoms with van der Waals surface area (Å²) in [5, 5.41) is 12.7. The molecule has 0 unspecified atom stereocenters. The summed E-state index contributed by atoms with van der Waals surface area (Å²) in [4.78, 5) is 14.5. The quantitative estimate of drug-likeness (QED) is 0.905. The number of hydrogen-bond acceptors (Lipinski definition) is 4. The van der Waals surface area contributed by atoms with Crippen molar-refractivity contribution in [2.24, 2.45) is 0 Å². The molecule has 0 bridgehead atoms. The second-order valence-electron chi connectivity index (χ2n) is 7.00. The first kappa shape index (κ1) is 16.6. The van der Waals surface area contributed by atoms with Gasteiger partial charge in [-0.2, -0.15) is 5.26 Å². The minimum Gasteiger partial charge on any atom is -0.444 e. The molecule has 2 heterocycles. The Morgan fingerprint density at radius 3 is 2.69 bits per heavy atom. The molecule has 1 amide bonds. The van der Waals surface area contributed by atoms with E-state index in [9.17, 15) is 10.1 Å². The van der Waals surface area contributed by atoms with Gasteiger partial charge in [-0.1, -0.05) is 30.3 Å². The molecule has 1 saturated heterocycles. The van der Waals surface area contributed by atoms with Crippen LogP contribution in [0.5, 0.6) is 0 Å². The minimum atomic E-state index is -0.324. The molecule has 0 aliphatic carbocycles. The fourth-order valence-corrected chi connectivity index (χ4v) is 4.03. The Hall–Kier alpha value is -2.84. The van der Waals surface area contributed by atoms with Gasteiger partial charge in [0.1, 0.15) is 6.61 Å². The van der Waals surface area contributed by atoms with Crippen molar-refractivity contribution in [2.45, 2.75) is 24.9 Å². The summed E-state index contributed by atoms with van der Waals surface area (Å²) in [7, 11) is 0. The average Bonchev–Trinajstić information content (AvgIpc) is 3.01. The molecule has 5 heteroatoms. The van der Waals surface area contributed by atoms with Gasteiger partial charge in [0, 0.05) is 12.0 Å². The maximum Gasteiger partial charge on any atom is 0.414 e. The average molecular weight is 347 g/mol. The zero-order valence-corrected chi connectivity index (χ0v) is 14.6. The molecule has 2 aliphatic rings. The van der Waals surface area contributed by atoms with Crippen LogP contribution in [0.4, 0.5) is 10.5 Å². The summed E-state index contributed by atoms with van der Waals surface area (Å²) in [6.45, 7) is 2.72. The molecule has 1 fully saturated rings. The van der Waals surface area contributed by atoms with Gasteiger partial charge in [-0.15, -0.1) is 0 Å². The van der Waals surface area contributed by atoms with E-state index in [0.717, 1.165) is 42.7 Å². The zero-order chi connectivity index (χ0) is 18.0. The minimum absolute atomic E-state index is 0.0841. The maximum absolute atomic E-state index is 12.8. The summed E-state index contributed by atoms with van der Waals surface area (Å²) in [6, 6.07) is 17.5. The van der Waals surface area contributed by atoms with Crippen LogP contribution in [0.25, 0.3) is 0 Å². The van der Waals surface area contributed by atoms with Crippen molar-refractivity contribution in [1.29, 1.82) is 5.26 Å². The van der Waals surface area contributed by atoms with E-state index in [0.29, 0.717) is 12.1 Å². The summed E-state index contributed by atoms with van der Waals surface area (Å²) in [5.74, 6) is 0. The predicted octanol–water partition coefficient (Wildman–Crippen LogP) is 3.34. The number of ether oxygens (including phenoxy) is 1. The van der Waals surface area contributed by atoms with Crippen LogP contribution < -0.4 is 10.2 Å². The summed E-state index contributed by atoms with van der Waals surface area (Å²) < 4.78 is 5.57. The number of piperidine rings is 1. The van der Waals surface area contributed by atoms with Crippen molar-refractivity contribution in [1.82, 2.24) is 5.32 Å². The normalized spacial score (nSPS) is 17.6. The number of amides is 1. The lowest BCUT2D eigenvalue weighted by Crippen LogP contribution is -2.44. The number of benzene rings is 2. The van der Waals surface area contributed by atoms with Crippen LogP contribution in [0.2, 0.25) is 0 Å². The highest BCUT2D eigenvalue weighted by molar-refractivity contribution is 5.91. The monoisotopic (exact) mass is 347 g/mol. The lowest BCUT2D eigenvalue weighted by molar-refractivity contribution is 0.145. The first-order valence-electron chi connectivity index (χ1n) is 8.95. The Kier molecular flexibility index (Phi) is 4.36. The molecule has 26 heavy (non-hydrogen) atoms. The first-order valence-corrected chi connectivity index (χ1v) is 8.95. The molecule has 5 nitrogen and oxygen atoms in total. The largest absolute Gasteiger partial charge is 0.444 e. The number of nitriles is 1. The Morgan fingerprint density at radius 1 is 1.19 bits per heavy atom. The number of fused-ring (bicyclic) bond motifs is 2. The SMILES string of the molecule is N#Cc1ccc2c(c1)C1(CCNCC1)CN2C(=O)OCc1ccccc1. The summed E-state index contributed by atoms with van der Waals surface area (Å²) in [6.07, 6.45) is 1.59. The van der Waals surface area contributed by atoms with Crippen molar-refractivity contribution >= 4 is 11.8 Å². The van der Waals surface area contributed by atoms with Crippen molar-refractivity contribution in [2.75, 3.05) is 24.5 Å². The molecule has 1 N–H and O–H groups in total. The van der Waals surface area contributed by atoms with Crippen LogP contribution >= 0.6 is 0 Å². The van der Waals surface area contributed by atoms with Gasteiger partial charge in [0.25, 0.3) is 0 Å². The predicted molar refractivity (Wildman–Crippen MR) is 98.9 cm³/mol. The van der Waals surface area contributed by atoms with E-state index in [-0.39, 0.29) is 18.1 Å². The lowest BCUT2D eigenvalue weighted by Gasteiger charge is -2.34. The topological polar surface area (TPSA) is 65.4 Å². The Balaban J connectivity index is 1.60. The maximum atomic E-state index is 12.8. The molecule has 0 aromatic heterocycles. The van der Waals surface area contributed by atoms with Crippen LogP contribution in [-0.4, -0.2) is 25.7 Å². The van der Waals surface area contributed by atoms with Gasteiger partial charge in [0.15, 0.2) is 0 Å². The van der Waals surface area contributed by atoms with Crippen molar-refractivity contribution in [3.8, 4) is 6.07 Å². The Labute approximate surface area is 153 Å². The van der Waals surface area contributed by atoms with E-state index in [2.05, 4.69) is 11.4 Å². The van der Waals surface area contributed by atoms with Gasteiger partial charge in [-0.05, 0) is 55.3 Å². The van der Waals surface area contributed by atoms with E-state index in [1.54, 1.807) is 11.0 Å². The Bertz CT molecular complexity index is 851. The van der Waals surface area contributed by atoms with Crippen LogP contribution in [0.3, 0.4) is 0 Å². The molecule has 2 aromatic rings. The smallest absolute Gasteiger partial charge is 0.414 e. The molecule has 0 radical (unpaired) electrons. The molecule has 4 rings (SSSR count). The zero-order valence-electron chi connectivity index (χ0n) is 14.6. The molecule has 2 aromatic carbocycles.